The standard InChI is InChI=1S/C12H14ClF3N2O2S.ClH/c1-8-7-17-4-5-18(8)21(19,20)11-3-2-9(13)6-10(11)12(14,15)16;/h2-3,6,8,17H,4-5,7H2,1H3;1H. The molecule has 1 saturated heterocycles. The third kappa shape index (κ3) is 3.86. The van der Waals surface area contributed by atoms with E-state index in [4.69, 9.17) is 11.6 Å². The van der Waals surface area contributed by atoms with E-state index in [0.717, 1.165) is 16.4 Å². The summed E-state index contributed by atoms with van der Waals surface area (Å²) in [6, 6.07) is 2.29. The second kappa shape index (κ2) is 6.92. The molecule has 0 aliphatic carbocycles. The minimum atomic E-state index is -4.79. The van der Waals surface area contributed by atoms with E-state index in [0.29, 0.717) is 19.2 Å². The number of nitrogens with one attached hydrogen (secondary N) is 1. The molecule has 1 unspecified atom stereocenters. The van der Waals surface area contributed by atoms with Crippen molar-refractivity contribution in [1.29, 1.82) is 0 Å². The van der Waals surface area contributed by atoms with Crippen molar-refractivity contribution in [3.05, 3.63) is 28.8 Å². The molecule has 0 radical (unpaired) electrons. The maximum Gasteiger partial charge on any atom is 0.417 e. The Morgan fingerprint density at radius 1 is 1.36 bits per heavy atom. The van der Waals surface area contributed by atoms with Gasteiger partial charge >= 0.3 is 6.18 Å². The van der Waals surface area contributed by atoms with Gasteiger partial charge in [0.1, 0.15) is 0 Å². The van der Waals surface area contributed by atoms with Crippen molar-refractivity contribution >= 4 is 34.0 Å². The maximum absolute atomic E-state index is 13.1. The maximum atomic E-state index is 13.1. The third-order valence-electron chi connectivity index (χ3n) is 3.27. The molecule has 0 spiro atoms. The fourth-order valence-electron chi connectivity index (χ4n) is 2.25. The highest BCUT2D eigenvalue weighted by atomic mass is 35.5. The Morgan fingerprint density at radius 2 is 2.00 bits per heavy atom. The van der Waals surface area contributed by atoms with Crippen LogP contribution in [0.4, 0.5) is 13.2 Å². The molecule has 1 fully saturated rings. The van der Waals surface area contributed by atoms with Gasteiger partial charge in [-0.05, 0) is 25.1 Å². The van der Waals surface area contributed by atoms with Gasteiger partial charge in [-0.2, -0.15) is 17.5 Å². The molecule has 2 rings (SSSR count). The van der Waals surface area contributed by atoms with E-state index < -0.39 is 32.7 Å². The van der Waals surface area contributed by atoms with Crippen molar-refractivity contribution < 1.29 is 21.6 Å². The van der Waals surface area contributed by atoms with E-state index >= 15 is 0 Å². The fraction of sp³-hybridized carbons (Fsp3) is 0.500. The van der Waals surface area contributed by atoms with Crippen LogP contribution in [0.1, 0.15) is 12.5 Å². The van der Waals surface area contributed by atoms with Gasteiger partial charge in [-0.25, -0.2) is 8.42 Å². The Kier molecular flexibility index (Phi) is 6.14. The van der Waals surface area contributed by atoms with Crippen molar-refractivity contribution in [3.8, 4) is 0 Å². The molecule has 1 aliphatic rings. The molecule has 0 aromatic heterocycles. The first-order valence-corrected chi connectivity index (χ1v) is 8.05. The summed E-state index contributed by atoms with van der Waals surface area (Å²) in [4.78, 5) is -0.756. The van der Waals surface area contributed by atoms with Crippen molar-refractivity contribution in [2.45, 2.75) is 24.0 Å². The van der Waals surface area contributed by atoms with Crippen LogP contribution in [0, 0.1) is 0 Å². The number of rotatable bonds is 2. The second-order valence-corrected chi connectivity index (χ2v) is 7.10. The fourth-order valence-corrected chi connectivity index (χ4v) is 4.25. The van der Waals surface area contributed by atoms with Gasteiger partial charge in [0.05, 0.1) is 10.5 Å². The Balaban J connectivity index is 0.00000242. The summed E-state index contributed by atoms with van der Waals surface area (Å²) in [6.07, 6.45) is -4.79. The molecule has 0 saturated carbocycles. The van der Waals surface area contributed by atoms with Crippen LogP contribution in [0.5, 0.6) is 0 Å². The quantitative estimate of drug-likeness (QED) is 0.860. The topological polar surface area (TPSA) is 49.4 Å². The van der Waals surface area contributed by atoms with Gasteiger partial charge in [-0.1, -0.05) is 11.6 Å². The second-order valence-electron chi connectivity index (χ2n) is 4.81. The molecule has 0 amide bonds. The predicted molar refractivity (Wildman–Crippen MR) is 79.9 cm³/mol. The Hall–Kier alpha value is -0.540. The highest BCUT2D eigenvalue weighted by Crippen LogP contribution is 2.37. The number of nitrogens with zero attached hydrogens (tertiary/aromatic N) is 1. The summed E-state index contributed by atoms with van der Waals surface area (Å²) >= 11 is 5.57. The van der Waals surface area contributed by atoms with Gasteiger partial charge in [0.25, 0.3) is 0 Å². The van der Waals surface area contributed by atoms with Gasteiger partial charge < -0.3 is 5.32 Å². The van der Waals surface area contributed by atoms with E-state index in [1.807, 2.05) is 0 Å². The normalized spacial score (nSPS) is 20.5. The molecule has 1 heterocycles. The molecule has 4 nitrogen and oxygen atoms in total. The molecule has 1 aliphatic heterocycles. The van der Waals surface area contributed by atoms with Crippen LogP contribution in [-0.2, 0) is 16.2 Å². The van der Waals surface area contributed by atoms with Crippen LogP contribution in [0.3, 0.4) is 0 Å². The summed E-state index contributed by atoms with van der Waals surface area (Å²) in [5.74, 6) is 0. The molecule has 126 valence electrons. The van der Waals surface area contributed by atoms with Gasteiger partial charge in [0.2, 0.25) is 10.0 Å². The highest BCUT2D eigenvalue weighted by Gasteiger charge is 2.40. The largest absolute Gasteiger partial charge is 0.417 e. The zero-order valence-electron chi connectivity index (χ0n) is 11.5. The molecule has 1 aromatic carbocycles. The minimum Gasteiger partial charge on any atom is -0.314 e. The molecular weight excluding hydrogens is 364 g/mol. The number of hydrogen-bond donors (Lipinski definition) is 1. The average molecular weight is 379 g/mol. The molecule has 1 aromatic rings. The molecule has 22 heavy (non-hydrogen) atoms. The van der Waals surface area contributed by atoms with E-state index in [2.05, 4.69) is 5.32 Å². The number of hydrogen-bond acceptors (Lipinski definition) is 3. The van der Waals surface area contributed by atoms with Crippen molar-refractivity contribution in [2.24, 2.45) is 0 Å². The summed E-state index contributed by atoms with van der Waals surface area (Å²) in [5.41, 5.74) is -1.24. The van der Waals surface area contributed by atoms with E-state index in [1.165, 1.54) is 0 Å². The first-order valence-electron chi connectivity index (χ1n) is 6.23. The lowest BCUT2D eigenvalue weighted by Gasteiger charge is -2.33. The zero-order valence-corrected chi connectivity index (χ0v) is 13.9. The minimum absolute atomic E-state index is 0. The van der Waals surface area contributed by atoms with Gasteiger partial charge in [-0.3, -0.25) is 0 Å². The predicted octanol–water partition coefficient (Wildman–Crippen LogP) is 2.76. The summed E-state index contributed by atoms with van der Waals surface area (Å²) in [5, 5.41) is 2.83. The van der Waals surface area contributed by atoms with E-state index in [-0.39, 0.29) is 24.0 Å². The summed E-state index contributed by atoms with van der Waals surface area (Å²) < 4.78 is 65.4. The van der Waals surface area contributed by atoms with Gasteiger partial charge in [0.15, 0.2) is 0 Å². The summed E-state index contributed by atoms with van der Waals surface area (Å²) in [6.45, 7) is 2.57. The van der Waals surface area contributed by atoms with Crippen molar-refractivity contribution in [2.75, 3.05) is 19.6 Å². The van der Waals surface area contributed by atoms with Gasteiger partial charge in [-0.15, -0.1) is 12.4 Å². The van der Waals surface area contributed by atoms with Crippen LogP contribution in [0.15, 0.2) is 23.1 Å². The molecular formula is C12H15Cl2F3N2O2S. The lowest BCUT2D eigenvalue weighted by atomic mass is 10.2. The Bertz CT molecular complexity index is 638. The van der Waals surface area contributed by atoms with E-state index in [9.17, 15) is 21.6 Å². The number of alkyl halides is 3. The Morgan fingerprint density at radius 3 is 2.55 bits per heavy atom. The lowest BCUT2D eigenvalue weighted by Crippen LogP contribution is -2.52. The Labute approximate surface area is 138 Å². The third-order valence-corrected chi connectivity index (χ3v) is 5.58. The molecule has 10 heteroatoms. The van der Waals surface area contributed by atoms with Crippen molar-refractivity contribution in [3.63, 3.8) is 0 Å². The van der Waals surface area contributed by atoms with Gasteiger partial charge in [0, 0.05) is 30.7 Å². The molecule has 0 bridgehead atoms. The first-order chi connectivity index (χ1) is 9.64. The molecule has 1 N–H and O–H groups in total. The number of halogens is 5. The van der Waals surface area contributed by atoms with Crippen LogP contribution < -0.4 is 5.32 Å². The SMILES string of the molecule is CC1CNCCN1S(=O)(=O)c1ccc(Cl)cc1C(F)(F)F.Cl. The average Bonchev–Trinajstić information content (AvgIpc) is 2.37. The smallest absolute Gasteiger partial charge is 0.314 e. The lowest BCUT2D eigenvalue weighted by molar-refractivity contribution is -0.139. The zero-order chi connectivity index (χ0) is 15.8. The van der Waals surface area contributed by atoms with Crippen molar-refractivity contribution in [1.82, 2.24) is 9.62 Å². The monoisotopic (exact) mass is 378 g/mol. The number of piperazine rings is 1. The number of sulfonamides is 1. The van der Waals surface area contributed by atoms with Crippen LogP contribution in [0.2, 0.25) is 5.02 Å². The first kappa shape index (κ1) is 19.5. The highest BCUT2D eigenvalue weighted by molar-refractivity contribution is 7.89. The van der Waals surface area contributed by atoms with Crippen LogP contribution in [-0.4, -0.2) is 38.4 Å². The number of benzene rings is 1. The summed E-state index contributed by atoms with van der Waals surface area (Å²) in [7, 11) is -4.23. The molecule has 1 atom stereocenters. The van der Waals surface area contributed by atoms with E-state index in [1.54, 1.807) is 6.92 Å². The van der Waals surface area contributed by atoms with Crippen LogP contribution in [0.25, 0.3) is 0 Å². The van der Waals surface area contributed by atoms with Crippen LogP contribution >= 0.6 is 24.0 Å².